The van der Waals surface area contributed by atoms with Crippen LogP contribution in [-0.4, -0.2) is 13.4 Å². The summed E-state index contributed by atoms with van der Waals surface area (Å²) in [6, 6.07) is 9.98. The Morgan fingerprint density at radius 3 is 2.44 bits per heavy atom. The van der Waals surface area contributed by atoms with Crippen molar-refractivity contribution in [2.75, 3.05) is 10.5 Å². The largest absolute Gasteiger partial charge is 0.383 e. The van der Waals surface area contributed by atoms with Crippen LogP contribution in [0, 0.1) is 6.92 Å². The second kappa shape index (κ2) is 4.66. The molecule has 0 fully saturated rings. The van der Waals surface area contributed by atoms with E-state index in [0.29, 0.717) is 5.69 Å². The van der Waals surface area contributed by atoms with Gasteiger partial charge in [0.05, 0.1) is 0 Å². The molecule has 5 nitrogen and oxygen atoms in total. The minimum Gasteiger partial charge on any atom is -0.383 e. The Kier molecular flexibility index (Phi) is 3.20. The molecule has 0 spiro atoms. The predicted octanol–water partition coefficient (Wildman–Crippen LogP) is 1.77. The van der Waals surface area contributed by atoms with Gasteiger partial charge in [-0.25, -0.2) is 13.4 Å². The summed E-state index contributed by atoms with van der Waals surface area (Å²) in [5.41, 5.74) is 7.10. The number of aryl methyl sites for hydroxylation is 1. The number of benzene rings is 1. The number of anilines is 2. The highest BCUT2D eigenvalue weighted by atomic mass is 32.2. The van der Waals surface area contributed by atoms with Crippen molar-refractivity contribution in [2.45, 2.75) is 11.8 Å². The monoisotopic (exact) mass is 263 g/mol. The summed E-state index contributed by atoms with van der Waals surface area (Å²) in [5.74, 6) is -0.0166. The van der Waals surface area contributed by atoms with Gasteiger partial charge in [0.25, 0.3) is 10.0 Å². The third kappa shape index (κ3) is 2.60. The van der Waals surface area contributed by atoms with Crippen LogP contribution in [0.25, 0.3) is 0 Å². The molecule has 0 aliphatic carbocycles. The van der Waals surface area contributed by atoms with Crippen LogP contribution in [0.15, 0.2) is 47.5 Å². The lowest BCUT2D eigenvalue weighted by atomic mass is 10.2. The molecule has 3 N–H and O–H groups in total. The molecule has 0 unspecified atom stereocenters. The van der Waals surface area contributed by atoms with E-state index >= 15 is 0 Å². The third-order valence-electron chi connectivity index (χ3n) is 2.39. The zero-order valence-corrected chi connectivity index (χ0v) is 10.6. The Morgan fingerprint density at radius 2 is 1.83 bits per heavy atom. The fourth-order valence-electron chi connectivity index (χ4n) is 1.46. The van der Waals surface area contributed by atoms with Gasteiger partial charge < -0.3 is 5.73 Å². The maximum Gasteiger partial charge on any atom is 0.265 e. The van der Waals surface area contributed by atoms with Crippen molar-refractivity contribution in [2.24, 2.45) is 0 Å². The van der Waals surface area contributed by atoms with Crippen molar-refractivity contribution in [3.63, 3.8) is 0 Å². The molecule has 6 heteroatoms. The maximum atomic E-state index is 12.1. The highest BCUT2D eigenvalue weighted by Crippen LogP contribution is 2.19. The van der Waals surface area contributed by atoms with E-state index in [0.717, 1.165) is 5.56 Å². The standard InChI is InChI=1S/C12H13N3O2S/c1-9-4-6-10(7-5-9)15-18(16,17)11-3-2-8-14-12(11)13/h2-8,15H,1H3,(H2,13,14). The fourth-order valence-corrected chi connectivity index (χ4v) is 2.60. The predicted molar refractivity (Wildman–Crippen MR) is 70.6 cm³/mol. The highest BCUT2D eigenvalue weighted by molar-refractivity contribution is 7.92. The molecule has 0 radical (unpaired) electrons. The van der Waals surface area contributed by atoms with E-state index in [-0.39, 0.29) is 10.7 Å². The smallest absolute Gasteiger partial charge is 0.265 e. The lowest BCUT2D eigenvalue weighted by Gasteiger charge is -2.09. The number of hydrogen-bond donors (Lipinski definition) is 2. The van der Waals surface area contributed by atoms with Gasteiger partial charge in [-0.2, -0.15) is 0 Å². The average Bonchev–Trinajstić information content (AvgIpc) is 2.32. The quantitative estimate of drug-likeness (QED) is 0.883. The molecule has 0 amide bonds. The van der Waals surface area contributed by atoms with Crippen molar-refractivity contribution in [3.8, 4) is 0 Å². The van der Waals surface area contributed by atoms with Crippen LogP contribution in [0.4, 0.5) is 11.5 Å². The maximum absolute atomic E-state index is 12.1. The summed E-state index contributed by atoms with van der Waals surface area (Å²) in [6.45, 7) is 1.93. The van der Waals surface area contributed by atoms with Gasteiger partial charge in [0.2, 0.25) is 0 Å². The molecule has 1 aromatic carbocycles. The number of nitrogens with zero attached hydrogens (tertiary/aromatic N) is 1. The summed E-state index contributed by atoms with van der Waals surface area (Å²) in [7, 11) is -3.69. The molecule has 0 aliphatic heterocycles. The SMILES string of the molecule is Cc1ccc(NS(=O)(=O)c2cccnc2N)cc1. The molecule has 1 heterocycles. The van der Waals surface area contributed by atoms with E-state index in [4.69, 9.17) is 5.73 Å². The minimum absolute atomic E-state index is 0.0166. The van der Waals surface area contributed by atoms with Crippen LogP contribution >= 0.6 is 0 Å². The molecule has 0 bridgehead atoms. The Hall–Kier alpha value is -2.08. The second-order valence-electron chi connectivity index (χ2n) is 3.86. The Bertz CT molecular complexity index is 651. The molecule has 2 rings (SSSR count). The molecular formula is C12H13N3O2S. The van der Waals surface area contributed by atoms with Gasteiger partial charge in [0.15, 0.2) is 0 Å². The first-order chi connectivity index (χ1) is 8.49. The molecule has 2 aromatic rings. The van der Waals surface area contributed by atoms with Crippen LogP contribution in [0.3, 0.4) is 0 Å². The number of rotatable bonds is 3. The molecule has 1 aromatic heterocycles. The van der Waals surface area contributed by atoms with Crippen LogP contribution in [0.1, 0.15) is 5.56 Å². The number of nitrogens with one attached hydrogen (secondary N) is 1. The molecule has 0 saturated heterocycles. The molecule has 0 saturated carbocycles. The Morgan fingerprint density at radius 1 is 1.17 bits per heavy atom. The zero-order chi connectivity index (χ0) is 13.2. The van der Waals surface area contributed by atoms with Crippen LogP contribution in [0.5, 0.6) is 0 Å². The normalized spacial score (nSPS) is 11.2. The molecule has 0 aliphatic rings. The summed E-state index contributed by atoms with van der Waals surface area (Å²) < 4.78 is 26.6. The van der Waals surface area contributed by atoms with E-state index in [2.05, 4.69) is 9.71 Å². The van der Waals surface area contributed by atoms with Crippen molar-refractivity contribution in [3.05, 3.63) is 48.2 Å². The van der Waals surface area contributed by atoms with Gasteiger partial charge in [-0.1, -0.05) is 17.7 Å². The number of aromatic nitrogens is 1. The highest BCUT2D eigenvalue weighted by Gasteiger charge is 2.17. The molecule has 0 atom stereocenters. The molecule has 94 valence electrons. The Labute approximate surface area is 106 Å². The van der Waals surface area contributed by atoms with Gasteiger partial charge in [-0.05, 0) is 31.2 Å². The first kappa shape index (κ1) is 12.4. The van der Waals surface area contributed by atoms with Gasteiger partial charge >= 0.3 is 0 Å². The fraction of sp³-hybridized carbons (Fsp3) is 0.0833. The third-order valence-corrected chi connectivity index (χ3v) is 3.82. The van der Waals surface area contributed by atoms with E-state index < -0.39 is 10.0 Å². The van der Waals surface area contributed by atoms with Crippen molar-refractivity contribution in [1.29, 1.82) is 0 Å². The number of pyridine rings is 1. The zero-order valence-electron chi connectivity index (χ0n) is 9.79. The number of nitrogens with two attached hydrogens (primary N) is 1. The van der Waals surface area contributed by atoms with Gasteiger partial charge in [-0.15, -0.1) is 0 Å². The van der Waals surface area contributed by atoms with Crippen molar-refractivity contribution in [1.82, 2.24) is 4.98 Å². The van der Waals surface area contributed by atoms with Gasteiger partial charge in [-0.3, -0.25) is 4.72 Å². The van der Waals surface area contributed by atoms with Crippen LogP contribution < -0.4 is 10.5 Å². The van der Waals surface area contributed by atoms with Gasteiger partial charge in [0.1, 0.15) is 10.7 Å². The van der Waals surface area contributed by atoms with Gasteiger partial charge in [0, 0.05) is 11.9 Å². The summed E-state index contributed by atoms with van der Waals surface area (Å²) in [6.07, 6.45) is 1.44. The summed E-state index contributed by atoms with van der Waals surface area (Å²) in [4.78, 5) is 3.74. The average molecular weight is 263 g/mol. The van der Waals surface area contributed by atoms with Crippen molar-refractivity contribution >= 4 is 21.5 Å². The lowest BCUT2D eigenvalue weighted by molar-refractivity contribution is 0.601. The molecular weight excluding hydrogens is 250 g/mol. The first-order valence-electron chi connectivity index (χ1n) is 5.29. The molecule has 18 heavy (non-hydrogen) atoms. The van der Waals surface area contributed by atoms with E-state index in [1.807, 2.05) is 19.1 Å². The van der Waals surface area contributed by atoms with Crippen molar-refractivity contribution < 1.29 is 8.42 Å². The summed E-state index contributed by atoms with van der Waals surface area (Å²) >= 11 is 0. The van der Waals surface area contributed by atoms with Crippen LogP contribution in [0.2, 0.25) is 0 Å². The topological polar surface area (TPSA) is 85.1 Å². The number of hydrogen-bond acceptors (Lipinski definition) is 4. The number of sulfonamides is 1. The van der Waals surface area contributed by atoms with E-state index in [1.54, 1.807) is 12.1 Å². The first-order valence-corrected chi connectivity index (χ1v) is 6.77. The number of nitrogen functional groups attached to an aromatic ring is 1. The van der Waals surface area contributed by atoms with E-state index in [1.165, 1.54) is 18.3 Å². The Balaban J connectivity index is 2.33. The summed E-state index contributed by atoms with van der Waals surface area (Å²) in [5, 5.41) is 0. The lowest BCUT2D eigenvalue weighted by Crippen LogP contribution is -2.15. The van der Waals surface area contributed by atoms with E-state index in [9.17, 15) is 8.42 Å². The minimum atomic E-state index is -3.69. The second-order valence-corrected chi connectivity index (χ2v) is 5.51. The van der Waals surface area contributed by atoms with Crippen LogP contribution in [-0.2, 0) is 10.0 Å².